The number of nitrogen functional groups attached to an aromatic ring is 1. The van der Waals surface area contributed by atoms with Crippen molar-refractivity contribution in [2.75, 3.05) is 5.73 Å². The van der Waals surface area contributed by atoms with Crippen LogP contribution in [0.1, 0.15) is 11.1 Å². The molecule has 26 heavy (non-hydrogen) atoms. The van der Waals surface area contributed by atoms with Gasteiger partial charge in [0, 0.05) is 22.9 Å². The Hall–Kier alpha value is -3.23. The number of aromatic nitrogens is 2. The molecule has 0 atom stereocenters. The maximum absolute atomic E-state index is 9.65. The predicted octanol–water partition coefficient (Wildman–Crippen LogP) is 0.816. The third kappa shape index (κ3) is 3.15. The fourth-order valence-electron chi connectivity index (χ4n) is 2.91. The first-order valence-electron chi connectivity index (χ1n) is 7.91. The van der Waals surface area contributed by atoms with Crippen molar-refractivity contribution >= 4 is 41.1 Å². The topological polar surface area (TPSA) is 142 Å². The highest BCUT2D eigenvalue weighted by atomic mass is 16.4. The summed E-state index contributed by atoms with van der Waals surface area (Å²) in [7, 11) is -1.60. The largest absolute Gasteiger partial charge is 0.488 e. The molecule has 0 saturated heterocycles. The number of nitrogens with zero attached hydrogens (tertiary/aromatic N) is 2. The van der Waals surface area contributed by atoms with Gasteiger partial charge in [-0.1, -0.05) is 17.7 Å². The first-order valence-corrected chi connectivity index (χ1v) is 7.91. The fraction of sp³-hybridized carbons (Fsp3) is 0.0556. The molecule has 0 fully saturated rings. The number of benzene rings is 2. The number of nitrogens with one attached hydrogen (secondary N) is 1. The van der Waals surface area contributed by atoms with Crippen LogP contribution < -0.4 is 16.9 Å². The minimum absolute atomic E-state index is 0.380. The lowest BCUT2D eigenvalue weighted by Crippen LogP contribution is -2.32. The SMILES string of the molecule is Cc1cc(C(N)=CC=N)c(-c2ccc3c(N)cnnc3c2)cc1B(O)O. The molecular weight excluding hydrogens is 329 g/mol. The van der Waals surface area contributed by atoms with Crippen molar-refractivity contribution in [2.24, 2.45) is 5.73 Å². The van der Waals surface area contributed by atoms with E-state index in [0.717, 1.165) is 17.2 Å². The van der Waals surface area contributed by atoms with E-state index < -0.39 is 7.12 Å². The van der Waals surface area contributed by atoms with Crippen molar-refractivity contribution in [1.29, 1.82) is 5.41 Å². The van der Waals surface area contributed by atoms with E-state index in [-0.39, 0.29) is 0 Å². The predicted molar refractivity (Wildman–Crippen MR) is 105 cm³/mol. The summed E-state index contributed by atoms with van der Waals surface area (Å²) in [6.45, 7) is 1.77. The number of anilines is 1. The second-order valence-corrected chi connectivity index (χ2v) is 5.95. The lowest BCUT2D eigenvalue weighted by molar-refractivity contribution is 0.425. The van der Waals surface area contributed by atoms with Crippen LogP contribution in [0.15, 0.2) is 42.6 Å². The monoisotopic (exact) mass is 347 g/mol. The van der Waals surface area contributed by atoms with E-state index in [1.54, 1.807) is 19.1 Å². The molecule has 2 aromatic carbocycles. The van der Waals surface area contributed by atoms with Crippen molar-refractivity contribution in [2.45, 2.75) is 6.92 Å². The molecule has 7 N–H and O–H groups in total. The van der Waals surface area contributed by atoms with Crippen LogP contribution in [0.25, 0.3) is 27.7 Å². The van der Waals surface area contributed by atoms with Gasteiger partial charge in [0.15, 0.2) is 0 Å². The standard InChI is InChI=1S/C18H18BN5O2/c1-10-6-14(16(21)4-5-20)13(8-15(10)19(25)26)11-2-3-12-17(22)9-23-24-18(12)7-11/h2-9,20,25-26H,21H2,1H3,(H2,22,24). The Bertz CT molecular complexity index is 1030. The first-order chi connectivity index (χ1) is 12.4. The highest BCUT2D eigenvalue weighted by Gasteiger charge is 2.19. The number of rotatable bonds is 4. The second-order valence-electron chi connectivity index (χ2n) is 5.95. The van der Waals surface area contributed by atoms with E-state index in [1.807, 2.05) is 18.2 Å². The Kier molecular flexibility index (Phi) is 4.70. The van der Waals surface area contributed by atoms with Gasteiger partial charge in [0.2, 0.25) is 0 Å². The Balaban J connectivity index is 2.29. The van der Waals surface area contributed by atoms with Crippen LogP contribution in [0.3, 0.4) is 0 Å². The van der Waals surface area contributed by atoms with Gasteiger partial charge >= 0.3 is 7.12 Å². The van der Waals surface area contributed by atoms with Gasteiger partial charge < -0.3 is 26.9 Å². The molecule has 1 heterocycles. The molecular formula is C18H18BN5O2. The Labute approximate surface area is 150 Å². The molecule has 0 radical (unpaired) electrons. The third-order valence-corrected chi connectivity index (χ3v) is 4.24. The first kappa shape index (κ1) is 17.6. The van der Waals surface area contributed by atoms with Crippen molar-refractivity contribution < 1.29 is 10.0 Å². The Morgan fingerprint density at radius 1 is 1.23 bits per heavy atom. The highest BCUT2D eigenvalue weighted by Crippen LogP contribution is 2.30. The van der Waals surface area contributed by atoms with Gasteiger partial charge in [-0.3, -0.25) is 0 Å². The molecule has 1 aromatic heterocycles. The van der Waals surface area contributed by atoms with E-state index in [2.05, 4.69) is 10.2 Å². The number of hydrogen-bond donors (Lipinski definition) is 5. The summed E-state index contributed by atoms with van der Waals surface area (Å²) in [4.78, 5) is 0. The molecule has 0 saturated carbocycles. The molecule has 0 bridgehead atoms. The maximum atomic E-state index is 9.65. The summed E-state index contributed by atoms with van der Waals surface area (Å²) in [5.41, 5.74) is 16.8. The minimum atomic E-state index is -1.60. The lowest BCUT2D eigenvalue weighted by Gasteiger charge is -2.15. The molecule has 0 aliphatic carbocycles. The molecule has 3 rings (SSSR count). The van der Waals surface area contributed by atoms with Crippen LogP contribution in [-0.4, -0.2) is 33.6 Å². The van der Waals surface area contributed by atoms with Crippen molar-refractivity contribution in [1.82, 2.24) is 10.2 Å². The molecule has 8 heteroatoms. The average Bonchev–Trinajstić information content (AvgIpc) is 2.61. The lowest BCUT2D eigenvalue weighted by atomic mass is 9.74. The van der Waals surface area contributed by atoms with E-state index in [1.165, 1.54) is 12.3 Å². The van der Waals surface area contributed by atoms with Crippen LogP contribution >= 0.6 is 0 Å². The molecule has 0 amide bonds. The Morgan fingerprint density at radius 2 is 2.00 bits per heavy atom. The van der Waals surface area contributed by atoms with E-state index in [9.17, 15) is 10.0 Å². The number of aryl methyl sites for hydroxylation is 1. The smallest absolute Gasteiger partial charge is 0.423 e. The van der Waals surface area contributed by atoms with Crippen molar-refractivity contribution in [3.05, 3.63) is 53.7 Å². The molecule has 7 nitrogen and oxygen atoms in total. The van der Waals surface area contributed by atoms with Crippen LogP contribution in [0.4, 0.5) is 5.69 Å². The molecule has 0 spiro atoms. The summed E-state index contributed by atoms with van der Waals surface area (Å²) in [6.07, 6.45) is 4.08. The van der Waals surface area contributed by atoms with Crippen molar-refractivity contribution in [3.8, 4) is 11.1 Å². The quantitative estimate of drug-likeness (QED) is 0.349. The number of hydrogen-bond acceptors (Lipinski definition) is 7. The summed E-state index contributed by atoms with van der Waals surface area (Å²) >= 11 is 0. The normalized spacial score (nSPS) is 11.6. The van der Waals surface area contributed by atoms with Crippen LogP contribution in [-0.2, 0) is 0 Å². The van der Waals surface area contributed by atoms with E-state index in [4.69, 9.17) is 16.9 Å². The second kappa shape index (κ2) is 6.95. The number of fused-ring (bicyclic) bond motifs is 1. The summed E-state index contributed by atoms with van der Waals surface area (Å²) in [5, 5.41) is 35.3. The van der Waals surface area contributed by atoms with Gasteiger partial charge in [0.05, 0.1) is 17.4 Å². The molecule has 0 aliphatic heterocycles. The van der Waals surface area contributed by atoms with Gasteiger partial charge in [-0.25, -0.2) is 0 Å². The maximum Gasteiger partial charge on any atom is 0.488 e. The summed E-state index contributed by atoms with van der Waals surface area (Å²) in [6, 6.07) is 8.97. The van der Waals surface area contributed by atoms with Crippen LogP contribution in [0.5, 0.6) is 0 Å². The molecule has 130 valence electrons. The number of allylic oxidation sites excluding steroid dienone is 1. The van der Waals surface area contributed by atoms with Crippen LogP contribution in [0, 0.1) is 12.3 Å². The van der Waals surface area contributed by atoms with Gasteiger partial charge in [0.25, 0.3) is 0 Å². The third-order valence-electron chi connectivity index (χ3n) is 4.24. The highest BCUT2D eigenvalue weighted by molar-refractivity contribution is 6.59. The fourth-order valence-corrected chi connectivity index (χ4v) is 2.91. The zero-order valence-electron chi connectivity index (χ0n) is 14.1. The zero-order valence-corrected chi connectivity index (χ0v) is 14.1. The van der Waals surface area contributed by atoms with E-state index >= 15 is 0 Å². The average molecular weight is 347 g/mol. The van der Waals surface area contributed by atoms with Crippen LogP contribution in [0.2, 0.25) is 0 Å². The number of nitrogens with two attached hydrogens (primary N) is 2. The van der Waals surface area contributed by atoms with Gasteiger partial charge in [-0.2, -0.15) is 10.2 Å². The van der Waals surface area contributed by atoms with Gasteiger partial charge in [-0.05, 0) is 47.8 Å². The van der Waals surface area contributed by atoms with Gasteiger partial charge in [-0.15, -0.1) is 0 Å². The summed E-state index contributed by atoms with van der Waals surface area (Å²) in [5.74, 6) is 0. The molecule has 0 unspecified atom stereocenters. The van der Waals surface area contributed by atoms with Crippen molar-refractivity contribution in [3.63, 3.8) is 0 Å². The van der Waals surface area contributed by atoms with E-state index in [0.29, 0.717) is 39.1 Å². The minimum Gasteiger partial charge on any atom is -0.423 e. The summed E-state index contributed by atoms with van der Waals surface area (Å²) < 4.78 is 0. The Morgan fingerprint density at radius 3 is 2.69 bits per heavy atom. The van der Waals surface area contributed by atoms with Gasteiger partial charge in [0.1, 0.15) is 0 Å². The molecule has 3 aromatic rings. The zero-order chi connectivity index (χ0) is 18.8. The molecule has 0 aliphatic rings.